The van der Waals surface area contributed by atoms with Crippen LogP contribution >= 0.6 is 11.3 Å². The van der Waals surface area contributed by atoms with E-state index in [0.29, 0.717) is 16.4 Å². The van der Waals surface area contributed by atoms with Gasteiger partial charge in [-0.3, -0.25) is 10.1 Å². The molecule has 3 aromatic carbocycles. The standard InChI is InChI=1S/C27H23N3OS/c1-27(2,3)22-12-8-19(9-13-22)25(31)30-26-29-24(17-32-26)21-7-5-6-20(16-21)18-10-14-23(28-4)15-11-18/h5-17H,1-3H3,(H,29,30,31). The zero-order chi connectivity index (χ0) is 22.7. The summed E-state index contributed by atoms with van der Waals surface area (Å²) in [6.07, 6.45) is 0. The third kappa shape index (κ3) is 4.77. The molecule has 0 atom stereocenters. The lowest BCUT2D eigenvalue weighted by Crippen LogP contribution is -2.14. The molecule has 1 heterocycles. The molecule has 4 rings (SSSR count). The SMILES string of the molecule is [C-]#[N+]c1ccc(-c2cccc(-c3csc(NC(=O)c4ccc(C(C)(C)C)cc4)n3)c2)cc1. The van der Waals surface area contributed by atoms with Gasteiger partial charge in [0.15, 0.2) is 10.8 Å². The molecule has 32 heavy (non-hydrogen) atoms. The molecule has 158 valence electrons. The summed E-state index contributed by atoms with van der Waals surface area (Å²) in [7, 11) is 0. The molecule has 1 aromatic heterocycles. The van der Waals surface area contributed by atoms with Crippen molar-refractivity contribution in [2.75, 3.05) is 5.32 Å². The minimum Gasteiger partial charge on any atom is -0.298 e. The molecule has 0 aliphatic rings. The van der Waals surface area contributed by atoms with Crippen molar-refractivity contribution >= 4 is 28.1 Å². The Balaban J connectivity index is 1.50. The van der Waals surface area contributed by atoms with E-state index < -0.39 is 0 Å². The first-order valence-corrected chi connectivity index (χ1v) is 11.2. The Labute approximate surface area is 192 Å². The lowest BCUT2D eigenvalue weighted by Gasteiger charge is -2.18. The zero-order valence-corrected chi connectivity index (χ0v) is 19.0. The van der Waals surface area contributed by atoms with Crippen molar-refractivity contribution in [2.24, 2.45) is 0 Å². The highest BCUT2D eigenvalue weighted by Crippen LogP contribution is 2.30. The van der Waals surface area contributed by atoms with Gasteiger partial charge in [-0.1, -0.05) is 75.4 Å². The van der Waals surface area contributed by atoms with Crippen LogP contribution in [0.5, 0.6) is 0 Å². The number of rotatable bonds is 4. The van der Waals surface area contributed by atoms with Gasteiger partial charge in [0.1, 0.15) is 0 Å². The fourth-order valence-corrected chi connectivity index (χ4v) is 4.06. The highest BCUT2D eigenvalue weighted by Gasteiger charge is 2.15. The summed E-state index contributed by atoms with van der Waals surface area (Å²) >= 11 is 1.41. The molecular formula is C27H23N3OS. The van der Waals surface area contributed by atoms with Gasteiger partial charge in [-0.2, -0.15) is 0 Å². The minimum absolute atomic E-state index is 0.0484. The van der Waals surface area contributed by atoms with Crippen LogP contribution in [0.1, 0.15) is 36.7 Å². The molecule has 1 N–H and O–H groups in total. The van der Waals surface area contributed by atoms with Gasteiger partial charge in [0.25, 0.3) is 5.91 Å². The van der Waals surface area contributed by atoms with Crippen LogP contribution < -0.4 is 5.32 Å². The molecule has 1 amide bonds. The van der Waals surface area contributed by atoms with E-state index >= 15 is 0 Å². The Morgan fingerprint density at radius 1 is 0.938 bits per heavy atom. The molecule has 0 fully saturated rings. The van der Waals surface area contributed by atoms with Gasteiger partial charge in [-0.05, 0) is 40.3 Å². The molecule has 0 bridgehead atoms. The Bertz CT molecular complexity index is 1290. The van der Waals surface area contributed by atoms with Gasteiger partial charge >= 0.3 is 0 Å². The highest BCUT2D eigenvalue weighted by atomic mass is 32.1. The average molecular weight is 438 g/mol. The number of anilines is 1. The van der Waals surface area contributed by atoms with Crippen molar-refractivity contribution in [3.63, 3.8) is 0 Å². The normalized spacial score (nSPS) is 11.1. The molecule has 0 aliphatic carbocycles. The van der Waals surface area contributed by atoms with Gasteiger partial charge in [0.2, 0.25) is 0 Å². The number of hydrogen-bond donors (Lipinski definition) is 1. The van der Waals surface area contributed by atoms with Crippen LogP contribution in [0.15, 0.2) is 78.2 Å². The van der Waals surface area contributed by atoms with E-state index in [1.165, 1.54) is 16.9 Å². The predicted molar refractivity (Wildman–Crippen MR) is 132 cm³/mol. The summed E-state index contributed by atoms with van der Waals surface area (Å²) in [5.74, 6) is -0.167. The molecule has 5 heteroatoms. The maximum absolute atomic E-state index is 12.6. The van der Waals surface area contributed by atoms with E-state index in [-0.39, 0.29) is 11.3 Å². The van der Waals surface area contributed by atoms with E-state index in [1.807, 2.05) is 72.1 Å². The number of hydrogen-bond acceptors (Lipinski definition) is 3. The van der Waals surface area contributed by atoms with Gasteiger partial charge in [-0.25, -0.2) is 9.83 Å². The summed E-state index contributed by atoms with van der Waals surface area (Å²) in [4.78, 5) is 20.7. The van der Waals surface area contributed by atoms with Crippen LogP contribution in [0.25, 0.3) is 27.2 Å². The number of benzene rings is 3. The summed E-state index contributed by atoms with van der Waals surface area (Å²) in [6, 6.07) is 23.3. The number of aromatic nitrogens is 1. The molecule has 0 aliphatic heterocycles. The molecule has 4 nitrogen and oxygen atoms in total. The summed E-state index contributed by atoms with van der Waals surface area (Å²) in [5.41, 5.74) is 6.35. The van der Waals surface area contributed by atoms with E-state index in [9.17, 15) is 4.79 Å². The average Bonchev–Trinajstić information content (AvgIpc) is 3.27. The number of nitrogens with zero attached hydrogens (tertiary/aromatic N) is 2. The quantitative estimate of drug-likeness (QED) is 0.335. The predicted octanol–water partition coefficient (Wildman–Crippen LogP) is 7.58. The fourth-order valence-electron chi connectivity index (χ4n) is 3.34. The lowest BCUT2D eigenvalue weighted by molar-refractivity contribution is 0.102. The first kappa shape index (κ1) is 21.5. The highest BCUT2D eigenvalue weighted by molar-refractivity contribution is 7.14. The van der Waals surface area contributed by atoms with Crippen molar-refractivity contribution in [3.05, 3.63) is 101 Å². The third-order valence-corrected chi connectivity index (χ3v) is 5.98. The Kier molecular flexibility index (Phi) is 5.89. The number of amides is 1. The molecule has 4 aromatic rings. The van der Waals surface area contributed by atoms with Crippen molar-refractivity contribution in [2.45, 2.75) is 26.2 Å². The number of nitrogens with one attached hydrogen (secondary N) is 1. The monoisotopic (exact) mass is 437 g/mol. The summed E-state index contributed by atoms with van der Waals surface area (Å²) in [5, 5.41) is 5.42. The second-order valence-electron chi connectivity index (χ2n) is 8.56. The third-order valence-electron chi connectivity index (χ3n) is 5.23. The summed E-state index contributed by atoms with van der Waals surface area (Å²) < 4.78 is 0. The first-order chi connectivity index (χ1) is 15.3. The topological polar surface area (TPSA) is 46.4 Å². The van der Waals surface area contributed by atoms with E-state index in [0.717, 1.165) is 22.4 Å². The number of carbonyl (C=O) groups is 1. The molecule has 0 saturated heterocycles. The lowest BCUT2D eigenvalue weighted by atomic mass is 9.87. The van der Waals surface area contributed by atoms with Crippen LogP contribution in [0.2, 0.25) is 0 Å². The van der Waals surface area contributed by atoms with Crippen molar-refractivity contribution in [1.29, 1.82) is 0 Å². The molecule has 0 unspecified atom stereocenters. The maximum Gasteiger partial charge on any atom is 0.257 e. The first-order valence-electron chi connectivity index (χ1n) is 10.3. The number of thiazole rings is 1. The van der Waals surface area contributed by atoms with Crippen molar-refractivity contribution in [1.82, 2.24) is 4.98 Å². The van der Waals surface area contributed by atoms with Crippen LogP contribution in [-0.4, -0.2) is 10.9 Å². The van der Waals surface area contributed by atoms with Gasteiger partial charge < -0.3 is 0 Å². The maximum atomic E-state index is 12.6. The van der Waals surface area contributed by atoms with Crippen molar-refractivity contribution < 1.29 is 4.79 Å². The smallest absolute Gasteiger partial charge is 0.257 e. The second kappa shape index (κ2) is 8.78. The van der Waals surface area contributed by atoms with Crippen LogP contribution in [0.4, 0.5) is 10.8 Å². The van der Waals surface area contributed by atoms with Crippen molar-refractivity contribution in [3.8, 4) is 22.4 Å². The molecular weight excluding hydrogens is 414 g/mol. The molecule has 0 spiro atoms. The van der Waals surface area contributed by atoms with E-state index in [2.05, 4.69) is 42.0 Å². The van der Waals surface area contributed by atoms with Gasteiger partial charge in [0, 0.05) is 16.5 Å². The second-order valence-corrected chi connectivity index (χ2v) is 9.42. The Morgan fingerprint density at radius 2 is 1.62 bits per heavy atom. The van der Waals surface area contributed by atoms with Crippen LogP contribution in [0, 0.1) is 6.57 Å². The van der Waals surface area contributed by atoms with Gasteiger partial charge in [-0.15, -0.1) is 11.3 Å². The van der Waals surface area contributed by atoms with E-state index in [1.54, 1.807) is 0 Å². The van der Waals surface area contributed by atoms with Crippen LogP contribution in [-0.2, 0) is 5.41 Å². The number of carbonyl (C=O) groups excluding carboxylic acids is 1. The Morgan fingerprint density at radius 3 is 2.28 bits per heavy atom. The zero-order valence-electron chi connectivity index (χ0n) is 18.2. The van der Waals surface area contributed by atoms with Crippen LogP contribution in [0.3, 0.4) is 0 Å². The summed E-state index contributed by atoms with van der Waals surface area (Å²) in [6.45, 7) is 13.5. The molecule has 0 saturated carbocycles. The molecule has 0 radical (unpaired) electrons. The van der Waals surface area contributed by atoms with Gasteiger partial charge in [0.05, 0.1) is 12.3 Å². The Hall–Kier alpha value is -3.75. The van der Waals surface area contributed by atoms with E-state index in [4.69, 9.17) is 6.57 Å². The largest absolute Gasteiger partial charge is 0.298 e. The fraction of sp³-hybridized carbons (Fsp3) is 0.148. The minimum atomic E-state index is -0.167.